The summed E-state index contributed by atoms with van der Waals surface area (Å²) in [4.78, 5) is 51.5. The van der Waals surface area contributed by atoms with Gasteiger partial charge in [0.25, 0.3) is 5.56 Å². The molecule has 1 N–H and O–H groups in total. The number of ether oxygens (including phenoxy) is 1. The maximum absolute atomic E-state index is 12.6. The summed E-state index contributed by atoms with van der Waals surface area (Å²) in [6.07, 6.45) is 1.83. The van der Waals surface area contributed by atoms with Crippen LogP contribution in [0.4, 0.5) is 0 Å². The molecule has 1 aliphatic rings. The number of nitrogens with zero attached hydrogens (tertiary/aromatic N) is 2. The lowest BCUT2D eigenvalue weighted by Gasteiger charge is -2.33. The first-order valence-corrected chi connectivity index (χ1v) is 8.81. The smallest absolute Gasteiger partial charge is 0.345 e. The van der Waals surface area contributed by atoms with Gasteiger partial charge in [0.1, 0.15) is 16.6 Å². The number of rotatable bonds is 5. The Kier molecular flexibility index (Phi) is 5.99. The summed E-state index contributed by atoms with van der Waals surface area (Å²) >= 11 is 0.782. The summed E-state index contributed by atoms with van der Waals surface area (Å²) < 4.78 is 6.28. The van der Waals surface area contributed by atoms with Crippen LogP contribution in [0.15, 0.2) is 11.0 Å². The number of carbonyl (C=O) groups excluding carboxylic acids is 2. The first-order valence-electron chi connectivity index (χ1n) is 7.93. The third kappa shape index (κ3) is 4.09. The van der Waals surface area contributed by atoms with Gasteiger partial charge in [-0.05, 0) is 26.2 Å². The molecule has 9 heteroatoms. The van der Waals surface area contributed by atoms with E-state index in [9.17, 15) is 24.3 Å². The Balaban J connectivity index is 2.37. The summed E-state index contributed by atoms with van der Waals surface area (Å²) in [6, 6.07) is -0.336. The number of thioether (sulfide) groups is 1. The molecule has 8 nitrogen and oxygen atoms in total. The maximum Gasteiger partial charge on any atom is 0.345 e. The van der Waals surface area contributed by atoms with E-state index in [0.29, 0.717) is 12.2 Å². The number of carbonyl (C=O) groups is 3. The fourth-order valence-corrected chi connectivity index (χ4v) is 3.94. The SMILES string of the molecule is CCOC(=O)c1cnc2n(c1=O)C(C)CC([C@@H](SC(C)=O)C(=O)O)C2. The van der Waals surface area contributed by atoms with Crippen molar-refractivity contribution in [1.29, 1.82) is 0 Å². The molecular weight excluding hydrogens is 348 g/mol. The molecule has 1 aliphatic heterocycles. The Morgan fingerprint density at radius 1 is 1.48 bits per heavy atom. The maximum atomic E-state index is 12.6. The van der Waals surface area contributed by atoms with Gasteiger partial charge in [-0.15, -0.1) is 0 Å². The summed E-state index contributed by atoms with van der Waals surface area (Å²) in [5.74, 6) is -1.70. The zero-order chi connectivity index (χ0) is 18.7. The second-order valence-corrected chi connectivity index (χ2v) is 7.22. The number of fused-ring (bicyclic) bond motifs is 1. The largest absolute Gasteiger partial charge is 0.480 e. The average molecular weight is 368 g/mol. The van der Waals surface area contributed by atoms with Gasteiger partial charge in [-0.1, -0.05) is 11.8 Å². The average Bonchev–Trinajstić information content (AvgIpc) is 2.52. The number of carboxylic acid groups (broad SMARTS) is 1. The molecule has 0 saturated heterocycles. The highest BCUT2D eigenvalue weighted by molar-refractivity contribution is 8.14. The number of aromatic nitrogens is 2. The van der Waals surface area contributed by atoms with Crippen molar-refractivity contribution in [1.82, 2.24) is 9.55 Å². The van der Waals surface area contributed by atoms with Gasteiger partial charge in [0.15, 0.2) is 5.12 Å². The van der Waals surface area contributed by atoms with Gasteiger partial charge in [0.05, 0.1) is 6.61 Å². The second kappa shape index (κ2) is 7.81. The fraction of sp³-hybridized carbons (Fsp3) is 0.562. The molecule has 0 bridgehead atoms. The molecule has 3 atom stereocenters. The van der Waals surface area contributed by atoms with Crippen molar-refractivity contribution in [2.45, 2.75) is 44.9 Å². The Hall–Kier alpha value is -2.16. The lowest BCUT2D eigenvalue weighted by atomic mass is 9.89. The lowest BCUT2D eigenvalue weighted by Crippen LogP contribution is -2.41. The molecule has 0 aliphatic carbocycles. The van der Waals surface area contributed by atoms with Crippen molar-refractivity contribution in [2.24, 2.45) is 5.92 Å². The standard InChI is InChI=1S/C16H20N2O6S/c1-4-24-16(23)11-7-17-12-6-10(5-8(2)18(12)14(11)20)13(15(21)22)25-9(3)19/h7-8,10,13H,4-6H2,1-3H3,(H,21,22)/t8?,10?,13-/m1/s1. The van der Waals surface area contributed by atoms with Crippen LogP contribution in [-0.2, 0) is 20.7 Å². The molecule has 0 fully saturated rings. The van der Waals surface area contributed by atoms with E-state index < -0.39 is 22.7 Å². The van der Waals surface area contributed by atoms with E-state index in [1.54, 1.807) is 13.8 Å². The van der Waals surface area contributed by atoms with Crippen molar-refractivity contribution >= 4 is 28.8 Å². The number of aliphatic carboxylic acids is 1. The van der Waals surface area contributed by atoms with Crippen LogP contribution in [0.2, 0.25) is 0 Å². The predicted octanol–water partition coefficient (Wildman–Crippen LogP) is 1.28. The molecule has 136 valence electrons. The minimum absolute atomic E-state index is 0.135. The molecule has 25 heavy (non-hydrogen) atoms. The van der Waals surface area contributed by atoms with E-state index in [4.69, 9.17) is 4.74 Å². The molecular formula is C16H20N2O6S. The number of carboxylic acids is 1. The third-order valence-corrected chi connectivity index (χ3v) is 5.23. The van der Waals surface area contributed by atoms with Gasteiger partial charge in [-0.25, -0.2) is 9.78 Å². The monoisotopic (exact) mass is 368 g/mol. The summed E-state index contributed by atoms with van der Waals surface area (Å²) in [5, 5.41) is 8.25. The van der Waals surface area contributed by atoms with Crippen molar-refractivity contribution in [2.75, 3.05) is 6.61 Å². The van der Waals surface area contributed by atoms with E-state index in [1.807, 2.05) is 0 Å². The van der Waals surface area contributed by atoms with Gasteiger partial charge in [0.2, 0.25) is 0 Å². The highest BCUT2D eigenvalue weighted by atomic mass is 32.2. The Morgan fingerprint density at radius 3 is 2.72 bits per heavy atom. The lowest BCUT2D eigenvalue weighted by molar-refractivity contribution is -0.137. The van der Waals surface area contributed by atoms with Crippen LogP contribution in [0.25, 0.3) is 0 Å². The fourth-order valence-electron chi connectivity index (χ4n) is 3.08. The first kappa shape index (κ1) is 19.2. The highest BCUT2D eigenvalue weighted by Gasteiger charge is 2.37. The van der Waals surface area contributed by atoms with E-state index >= 15 is 0 Å². The van der Waals surface area contributed by atoms with Crippen LogP contribution in [0.5, 0.6) is 0 Å². The molecule has 0 saturated carbocycles. The predicted molar refractivity (Wildman–Crippen MR) is 90.7 cm³/mol. The zero-order valence-corrected chi connectivity index (χ0v) is 15.0. The molecule has 2 unspecified atom stereocenters. The van der Waals surface area contributed by atoms with Crippen LogP contribution in [0.3, 0.4) is 0 Å². The Morgan fingerprint density at radius 2 is 2.16 bits per heavy atom. The third-order valence-electron chi connectivity index (χ3n) is 4.06. The second-order valence-electron chi connectivity index (χ2n) is 5.90. The van der Waals surface area contributed by atoms with Crippen LogP contribution >= 0.6 is 11.8 Å². The van der Waals surface area contributed by atoms with E-state index in [-0.39, 0.29) is 35.7 Å². The number of hydrogen-bond donors (Lipinski definition) is 1. The van der Waals surface area contributed by atoms with Crippen LogP contribution in [0.1, 0.15) is 49.4 Å². The Labute approximate surface area is 148 Å². The molecule has 0 spiro atoms. The van der Waals surface area contributed by atoms with Gasteiger partial charge in [-0.2, -0.15) is 0 Å². The van der Waals surface area contributed by atoms with E-state index in [1.165, 1.54) is 17.7 Å². The minimum atomic E-state index is -1.06. The number of hydrogen-bond acceptors (Lipinski definition) is 7. The van der Waals surface area contributed by atoms with Crippen molar-refractivity contribution in [3.05, 3.63) is 27.9 Å². The summed E-state index contributed by atoms with van der Waals surface area (Å²) in [6.45, 7) is 4.90. The quantitative estimate of drug-likeness (QED) is 0.773. The topological polar surface area (TPSA) is 116 Å². The first-order chi connectivity index (χ1) is 11.8. The van der Waals surface area contributed by atoms with E-state index in [2.05, 4.69) is 4.98 Å². The van der Waals surface area contributed by atoms with Gasteiger partial charge in [0, 0.05) is 25.6 Å². The molecule has 0 amide bonds. The Bertz CT molecular complexity index is 759. The normalized spacial score (nSPS) is 20.4. The van der Waals surface area contributed by atoms with Gasteiger partial charge >= 0.3 is 11.9 Å². The summed E-state index contributed by atoms with van der Waals surface area (Å²) in [5.41, 5.74) is -0.621. The molecule has 0 aromatic carbocycles. The van der Waals surface area contributed by atoms with Gasteiger partial charge < -0.3 is 9.84 Å². The molecule has 1 aromatic rings. The van der Waals surface area contributed by atoms with Gasteiger partial charge in [-0.3, -0.25) is 19.0 Å². The van der Waals surface area contributed by atoms with Crippen molar-refractivity contribution in [3.63, 3.8) is 0 Å². The zero-order valence-electron chi connectivity index (χ0n) is 14.2. The van der Waals surface area contributed by atoms with Crippen molar-refractivity contribution < 1.29 is 24.2 Å². The van der Waals surface area contributed by atoms with Crippen LogP contribution in [-0.4, -0.2) is 43.6 Å². The minimum Gasteiger partial charge on any atom is -0.480 e. The molecule has 2 rings (SSSR count). The highest BCUT2D eigenvalue weighted by Crippen LogP contribution is 2.34. The van der Waals surface area contributed by atoms with Crippen molar-refractivity contribution in [3.8, 4) is 0 Å². The molecule has 0 radical (unpaired) electrons. The summed E-state index contributed by atoms with van der Waals surface area (Å²) in [7, 11) is 0. The van der Waals surface area contributed by atoms with E-state index in [0.717, 1.165) is 11.8 Å². The van der Waals surface area contributed by atoms with Crippen LogP contribution in [0, 0.1) is 5.92 Å². The molecule has 2 heterocycles. The molecule has 1 aromatic heterocycles. The van der Waals surface area contributed by atoms with Crippen LogP contribution < -0.4 is 5.56 Å². The number of esters is 1.